The molecule has 5 rings (SSSR count). The van der Waals surface area contributed by atoms with Gasteiger partial charge in [0.05, 0.1) is 23.9 Å². The van der Waals surface area contributed by atoms with Gasteiger partial charge in [-0.2, -0.15) is 9.78 Å². The summed E-state index contributed by atoms with van der Waals surface area (Å²) in [6, 6.07) is 6.82. The Kier molecular flexibility index (Phi) is 5.54. The average molecular weight is 468 g/mol. The molecule has 2 aromatic heterocycles. The summed E-state index contributed by atoms with van der Waals surface area (Å²) in [5.74, 6) is -0.612. The first kappa shape index (κ1) is 22.1. The highest BCUT2D eigenvalue weighted by Gasteiger charge is 2.41. The molecule has 178 valence electrons. The number of H-pyrrole nitrogens is 1. The summed E-state index contributed by atoms with van der Waals surface area (Å²) in [5.41, 5.74) is -0.361. The number of tetrazole rings is 1. The van der Waals surface area contributed by atoms with Crippen LogP contribution in [-0.4, -0.2) is 42.5 Å². The maximum Gasteiger partial charge on any atom is 0.366 e. The number of unbranched alkanes of at least 4 members (excludes halogenated alkanes) is 1. The minimum absolute atomic E-state index is 0.0252. The predicted octanol–water partition coefficient (Wildman–Crippen LogP) is 2.62. The number of nitrogens with one attached hydrogen (secondary N) is 2. The van der Waals surface area contributed by atoms with Crippen LogP contribution in [0.25, 0.3) is 11.3 Å². The van der Waals surface area contributed by atoms with Crippen LogP contribution in [0.1, 0.15) is 63.3 Å². The third-order valence-corrected chi connectivity index (χ3v) is 6.24. The molecule has 1 aliphatic heterocycles. The zero-order valence-electron chi connectivity index (χ0n) is 19.0. The molecular formula is C23H26FN7O3. The Bertz CT molecular complexity index is 1320. The second kappa shape index (κ2) is 8.54. The molecule has 34 heavy (non-hydrogen) atoms. The molecule has 0 unspecified atom stereocenters. The van der Waals surface area contributed by atoms with Crippen molar-refractivity contribution < 1.29 is 13.9 Å². The van der Waals surface area contributed by atoms with Gasteiger partial charge in [-0.3, -0.25) is 9.48 Å². The smallest absolute Gasteiger partial charge is 0.366 e. The topological polar surface area (TPSA) is 120 Å². The van der Waals surface area contributed by atoms with E-state index in [1.54, 1.807) is 25.1 Å². The lowest BCUT2D eigenvalue weighted by molar-refractivity contribution is -0.118. The van der Waals surface area contributed by atoms with Crippen molar-refractivity contribution in [1.82, 2.24) is 35.3 Å². The summed E-state index contributed by atoms with van der Waals surface area (Å²) >= 11 is 0. The average Bonchev–Trinajstić information content (AvgIpc) is 3.38. The SMILES string of the molecule is CCCCOc1ccc([C@]2(C)CC(c3ccn(C4CC4)n3)=C(n3nn[nH]c3=O)C(=O)N2)c(F)c1. The first-order chi connectivity index (χ1) is 16.4. The lowest BCUT2D eigenvalue weighted by Crippen LogP contribution is -2.49. The third kappa shape index (κ3) is 4.02. The van der Waals surface area contributed by atoms with Crippen LogP contribution in [0, 0.1) is 5.82 Å². The van der Waals surface area contributed by atoms with Crippen molar-refractivity contribution in [2.45, 2.75) is 57.5 Å². The molecule has 11 heteroatoms. The monoisotopic (exact) mass is 467 g/mol. The standard InChI is InChI=1S/C23H26FN7O3/c1-3-4-11-34-15-7-8-17(18(24)12-15)23(2)13-16(19-9-10-30(27-19)14-5-6-14)20(21(32)25-23)31-22(33)26-28-29-31/h7-10,12,14H,3-6,11,13H2,1-2H3,(H,25,32)(H,26,29,33)/t23-/m0/s1. The quantitative estimate of drug-likeness (QED) is 0.492. The number of amides is 1. The molecule has 1 atom stereocenters. The van der Waals surface area contributed by atoms with Gasteiger partial charge in [-0.05, 0) is 48.7 Å². The Morgan fingerprint density at radius 2 is 2.09 bits per heavy atom. The van der Waals surface area contributed by atoms with E-state index in [0.717, 1.165) is 30.4 Å². The molecule has 1 aliphatic carbocycles. The maximum atomic E-state index is 15.2. The number of carbonyl (C=O) groups excluding carboxylic acids is 1. The van der Waals surface area contributed by atoms with Crippen LogP contribution in [0.5, 0.6) is 5.75 Å². The number of hydrogen-bond acceptors (Lipinski definition) is 6. The van der Waals surface area contributed by atoms with Crippen LogP contribution >= 0.6 is 0 Å². The summed E-state index contributed by atoms with van der Waals surface area (Å²) in [6.45, 7) is 4.32. The van der Waals surface area contributed by atoms with Gasteiger partial charge in [-0.1, -0.05) is 19.4 Å². The minimum atomic E-state index is -1.08. The number of carbonyl (C=O) groups is 1. The van der Waals surface area contributed by atoms with Crippen LogP contribution in [0.4, 0.5) is 4.39 Å². The molecule has 1 fully saturated rings. The second-order valence-corrected chi connectivity index (χ2v) is 8.96. The largest absolute Gasteiger partial charge is 0.493 e. The fourth-order valence-corrected chi connectivity index (χ4v) is 4.28. The van der Waals surface area contributed by atoms with Crippen molar-refractivity contribution in [1.29, 1.82) is 0 Å². The summed E-state index contributed by atoms with van der Waals surface area (Å²) in [6.07, 6.45) is 6.01. The molecule has 3 heterocycles. The van der Waals surface area contributed by atoms with E-state index in [2.05, 4.69) is 32.9 Å². The maximum absolute atomic E-state index is 15.2. The van der Waals surface area contributed by atoms with E-state index < -0.39 is 23.0 Å². The van der Waals surface area contributed by atoms with Gasteiger partial charge in [-0.25, -0.2) is 14.3 Å². The number of halogens is 1. The number of aromatic nitrogens is 6. The normalized spacial score (nSPS) is 20.5. The molecule has 1 amide bonds. The van der Waals surface area contributed by atoms with Crippen molar-refractivity contribution in [3.63, 3.8) is 0 Å². The van der Waals surface area contributed by atoms with Crippen molar-refractivity contribution in [3.8, 4) is 5.75 Å². The summed E-state index contributed by atoms with van der Waals surface area (Å²) < 4.78 is 23.6. The molecular weight excluding hydrogens is 441 g/mol. The summed E-state index contributed by atoms with van der Waals surface area (Å²) in [5, 5.41) is 17.0. The van der Waals surface area contributed by atoms with Gasteiger partial charge in [0.1, 0.15) is 17.3 Å². The molecule has 10 nitrogen and oxygen atoms in total. The fourth-order valence-electron chi connectivity index (χ4n) is 4.28. The van der Waals surface area contributed by atoms with Gasteiger partial charge in [0, 0.05) is 29.8 Å². The highest BCUT2D eigenvalue weighted by atomic mass is 19.1. The van der Waals surface area contributed by atoms with Gasteiger partial charge in [0.2, 0.25) is 0 Å². The minimum Gasteiger partial charge on any atom is -0.493 e. The number of nitrogens with zero attached hydrogens (tertiary/aromatic N) is 5. The van der Waals surface area contributed by atoms with E-state index >= 15 is 4.39 Å². The van der Waals surface area contributed by atoms with Crippen LogP contribution < -0.4 is 15.7 Å². The molecule has 0 saturated heterocycles. The second-order valence-electron chi connectivity index (χ2n) is 8.96. The molecule has 1 aromatic carbocycles. The zero-order valence-corrected chi connectivity index (χ0v) is 19.0. The lowest BCUT2D eigenvalue weighted by atomic mass is 9.80. The zero-order chi connectivity index (χ0) is 23.9. The fraction of sp³-hybridized carbons (Fsp3) is 0.435. The van der Waals surface area contributed by atoms with Gasteiger partial charge in [0.15, 0.2) is 0 Å². The van der Waals surface area contributed by atoms with Crippen molar-refractivity contribution in [2.75, 3.05) is 6.61 Å². The van der Waals surface area contributed by atoms with E-state index in [1.165, 1.54) is 6.07 Å². The lowest BCUT2D eigenvalue weighted by Gasteiger charge is -2.37. The van der Waals surface area contributed by atoms with Gasteiger partial charge in [0.25, 0.3) is 5.91 Å². The molecule has 0 spiro atoms. The predicted molar refractivity (Wildman–Crippen MR) is 121 cm³/mol. The van der Waals surface area contributed by atoms with Crippen molar-refractivity contribution in [3.05, 3.63) is 58.0 Å². The van der Waals surface area contributed by atoms with E-state index in [-0.39, 0.29) is 12.1 Å². The van der Waals surface area contributed by atoms with Crippen LogP contribution in [0.15, 0.2) is 35.3 Å². The van der Waals surface area contributed by atoms with Gasteiger partial charge >= 0.3 is 5.69 Å². The molecule has 0 bridgehead atoms. The van der Waals surface area contributed by atoms with Gasteiger partial charge < -0.3 is 10.1 Å². The Morgan fingerprint density at radius 3 is 2.76 bits per heavy atom. The third-order valence-electron chi connectivity index (χ3n) is 6.24. The summed E-state index contributed by atoms with van der Waals surface area (Å²) in [4.78, 5) is 25.6. The molecule has 2 aliphatic rings. The first-order valence-electron chi connectivity index (χ1n) is 11.4. The molecule has 0 radical (unpaired) electrons. The number of aromatic amines is 1. The molecule has 3 aromatic rings. The Labute approximate surface area is 194 Å². The Hall–Kier alpha value is -3.76. The van der Waals surface area contributed by atoms with E-state index in [1.807, 2.05) is 10.9 Å². The van der Waals surface area contributed by atoms with Crippen LogP contribution in [0.3, 0.4) is 0 Å². The molecule has 1 saturated carbocycles. The Balaban J connectivity index is 1.55. The van der Waals surface area contributed by atoms with Crippen molar-refractivity contribution in [2.24, 2.45) is 0 Å². The number of hydrogen-bond donors (Lipinski definition) is 2. The highest BCUT2D eigenvalue weighted by Crippen LogP contribution is 2.41. The highest BCUT2D eigenvalue weighted by molar-refractivity contribution is 6.22. The van der Waals surface area contributed by atoms with Crippen molar-refractivity contribution >= 4 is 17.2 Å². The van der Waals surface area contributed by atoms with Crippen LogP contribution in [-0.2, 0) is 10.3 Å². The number of benzene rings is 1. The van der Waals surface area contributed by atoms with Gasteiger partial charge in [-0.15, -0.1) is 0 Å². The first-order valence-corrected chi connectivity index (χ1v) is 11.4. The van der Waals surface area contributed by atoms with E-state index in [4.69, 9.17) is 4.74 Å². The number of rotatable bonds is 8. The van der Waals surface area contributed by atoms with E-state index in [0.29, 0.717) is 35.2 Å². The Morgan fingerprint density at radius 1 is 1.26 bits per heavy atom. The molecule has 2 N–H and O–H groups in total. The number of ether oxygens (including phenoxy) is 1. The van der Waals surface area contributed by atoms with Crippen LogP contribution in [0.2, 0.25) is 0 Å². The van der Waals surface area contributed by atoms with E-state index in [9.17, 15) is 9.59 Å². The summed E-state index contributed by atoms with van der Waals surface area (Å²) in [7, 11) is 0.